The van der Waals surface area contributed by atoms with E-state index in [4.69, 9.17) is 9.47 Å². The van der Waals surface area contributed by atoms with Gasteiger partial charge in [-0.05, 0) is 30.3 Å². The van der Waals surface area contributed by atoms with Gasteiger partial charge in [-0.3, -0.25) is 0 Å². The normalized spacial score (nSPS) is 10.5. The molecule has 0 unspecified atom stereocenters. The summed E-state index contributed by atoms with van der Waals surface area (Å²) < 4.78 is 12.0. The molecule has 0 bridgehead atoms. The second-order valence-corrected chi connectivity index (χ2v) is 5.25. The van der Waals surface area contributed by atoms with Crippen LogP contribution in [0, 0.1) is 0 Å². The molecule has 3 nitrogen and oxygen atoms in total. The number of methoxy groups -OCH3 is 1. The van der Waals surface area contributed by atoms with Gasteiger partial charge in [0, 0.05) is 30.2 Å². The van der Waals surface area contributed by atoms with Crippen molar-refractivity contribution >= 4 is 15.9 Å². The summed E-state index contributed by atoms with van der Waals surface area (Å²) in [5, 5.41) is 3.33. The number of nitrogens with one attached hydrogen (secondary N) is 1. The van der Waals surface area contributed by atoms with Gasteiger partial charge in [0.15, 0.2) is 0 Å². The first-order valence-electron chi connectivity index (χ1n) is 6.50. The zero-order valence-corrected chi connectivity index (χ0v) is 13.0. The first kappa shape index (κ1) is 15.0. The minimum Gasteiger partial charge on any atom is -0.457 e. The highest BCUT2D eigenvalue weighted by Gasteiger charge is 2.05. The van der Waals surface area contributed by atoms with E-state index >= 15 is 0 Å². The molecule has 0 aliphatic carbocycles. The van der Waals surface area contributed by atoms with Gasteiger partial charge in [0.2, 0.25) is 0 Å². The number of hydrogen-bond acceptors (Lipinski definition) is 3. The molecule has 0 fully saturated rings. The summed E-state index contributed by atoms with van der Waals surface area (Å²) in [5.74, 6) is 1.71. The zero-order chi connectivity index (χ0) is 14.2. The van der Waals surface area contributed by atoms with E-state index in [1.165, 1.54) is 0 Å². The minimum absolute atomic E-state index is 0.697. The molecule has 0 aliphatic heterocycles. The molecule has 0 radical (unpaired) electrons. The molecule has 0 amide bonds. The number of ether oxygens (including phenoxy) is 2. The lowest BCUT2D eigenvalue weighted by Crippen LogP contribution is -2.18. The summed E-state index contributed by atoms with van der Waals surface area (Å²) in [5.41, 5.74) is 1.11. The second-order valence-electron chi connectivity index (χ2n) is 4.34. The molecular weight excluding hydrogens is 318 g/mol. The van der Waals surface area contributed by atoms with E-state index in [1.54, 1.807) is 7.11 Å². The van der Waals surface area contributed by atoms with Crippen LogP contribution >= 0.6 is 15.9 Å². The second kappa shape index (κ2) is 8.04. The molecule has 2 rings (SSSR count). The Labute approximate surface area is 128 Å². The van der Waals surface area contributed by atoms with E-state index in [0.717, 1.165) is 34.6 Å². The van der Waals surface area contributed by atoms with Crippen LogP contribution in [0.2, 0.25) is 0 Å². The highest BCUT2D eigenvalue weighted by atomic mass is 79.9. The third kappa shape index (κ3) is 4.63. The SMILES string of the molecule is COCCNCc1cc(Br)ccc1Oc1ccccc1. The van der Waals surface area contributed by atoms with Crippen molar-refractivity contribution in [3.63, 3.8) is 0 Å². The Kier molecular flexibility index (Phi) is 6.05. The molecule has 0 saturated heterocycles. The van der Waals surface area contributed by atoms with Crippen LogP contribution in [0.15, 0.2) is 53.0 Å². The molecule has 0 spiro atoms. The summed E-state index contributed by atoms with van der Waals surface area (Å²) in [6.45, 7) is 2.25. The first-order valence-corrected chi connectivity index (χ1v) is 7.30. The third-order valence-corrected chi connectivity index (χ3v) is 3.29. The van der Waals surface area contributed by atoms with E-state index in [0.29, 0.717) is 6.61 Å². The molecule has 0 aliphatic rings. The van der Waals surface area contributed by atoms with Crippen molar-refractivity contribution in [3.05, 3.63) is 58.6 Å². The van der Waals surface area contributed by atoms with Crippen LogP contribution in [-0.4, -0.2) is 20.3 Å². The van der Waals surface area contributed by atoms with Gasteiger partial charge in [-0.25, -0.2) is 0 Å². The molecular formula is C16H18BrNO2. The van der Waals surface area contributed by atoms with Crippen molar-refractivity contribution in [1.82, 2.24) is 5.32 Å². The number of halogens is 1. The Balaban J connectivity index is 2.07. The van der Waals surface area contributed by atoms with Gasteiger partial charge in [-0.2, -0.15) is 0 Å². The van der Waals surface area contributed by atoms with E-state index < -0.39 is 0 Å². The lowest BCUT2D eigenvalue weighted by atomic mass is 10.2. The van der Waals surface area contributed by atoms with Crippen molar-refractivity contribution in [1.29, 1.82) is 0 Å². The molecule has 20 heavy (non-hydrogen) atoms. The monoisotopic (exact) mass is 335 g/mol. The molecule has 2 aromatic carbocycles. The van der Waals surface area contributed by atoms with Crippen molar-refractivity contribution < 1.29 is 9.47 Å². The van der Waals surface area contributed by atoms with Crippen LogP contribution in [0.3, 0.4) is 0 Å². The maximum Gasteiger partial charge on any atom is 0.131 e. The van der Waals surface area contributed by atoms with Gasteiger partial charge >= 0.3 is 0 Å². The molecule has 0 heterocycles. The highest BCUT2D eigenvalue weighted by molar-refractivity contribution is 9.10. The predicted octanol–water partition coefficient (Wildman–Crippen LogP) is 3.98. The highest BCUT2D eigenvalue weighted by Crippen LogP contribution is 2.27. The average Bonchev–Trinajstić information content (AvgIpc) is 2.47. The summed E-state index contributed by atoms with van der Waals surface area (Å²) >= 11 is 3.50. The fourth-order valence-electron chi connectivity index (χ4n) is 1.80. The Morgan fingerprint density at radius 3 is 2.65 bits per heavy atom. The van der Waals surface area contributed by atoms with Crippen LogP contribution in [0.4, 0.5) is 0 Å². The van der Waals surface area contributed by atoms with Gasteiger partial charge in [0.25, 0.3) is 0 Å². The van der Waals surface area contributed by atoms with E-state index in [1.807, 2.05) is 42.5 Å². The number of benzene rings is 2. The van der Waals surface area contributed by atoms with Gasteiger partial charge in [-0.15, -0.1) is 0 Å². The Morgan fingerprint density at radius 2 is 1.90 bits per heavy atom. The predicted molar refractivity (Wildman–Crippen MR) is 84.2 cm³/mol. The first-order chi connectivity index (χ1) is 9.79. The minimum atomic E-state index is 0.697. The van der Waals surface area contributed by atoms with Crippen LogP contribution < -0.4 is 10.1 Å². The van der Waals surface area contributed by atoms with Gasteiger partial charge in [-0.1, -0.05) is 34.1 Å². The van der Waals surface area contributed by atoms with Crippen molar-refractivity contribution in [3.8, 4) is 11.5 Å². The number of para-hydroxylation sites is 1. The molecule has 1 N–H and O–H groups in total. The van der Waals surface area contributed by atoms with E-state index in [-0.39, 0.29) is 0 Å². The quantitative estimate of drug-likeness (QED) is 0.776. The standard InChI is InChI=1S/C16H18BrNO2/c1-19-10-9-18-12-13-11-14(17)7-8-16(13)20-15-5-3-2-4-6-15/h2-8,11,18H,9-10,12H2,1H3. The Bertz CT molecular complexity index is 531. The van der Waals surface area contributed by atoms with Gasteiger partial charge < -0.3 is 14.8 Å². The van der Waals surface area contributed by atoms with Gasteiger partial charge in [0.05, 0.1) is 6.61 Å². The van der Waals surface area contributed by atoms with Crippen LogP contribution in [0.1, 0.15) is 5.56 Å². The molecule has 106 valence electrons. The Hall–Kier alpha value is -1.36. The topological polar surface area (TPSA) is 30.5 Å². The maximum absolute atomic E-state index is 5.93. The fraction of sp³-hybridized carbons (Fsp3) is 0.250. The largest absolute Gasteiger partial charge is 0.457 e. The van der Waals surface area contributed by atoms with Crippen LogP contribution in [0.5, 0.6) is 11.5 Å². The number of hydrogen-bond donors (Lipinski definition) is 1. The summed E-state index contributed by atoms with van der Waals surface area (Å²) in [4.78, 5) is 0. The molecule has 0 atom stereocenters. The molecule has 4 heteroatoms. The lowest BCUT2D eigenvalue weighted by Gasteiger charge is -2.12. The van der Waals surface area contributed by atoms with E-state index in [9.17, 15) is 0 Å². The van der Waals surface area contributed by atoms with Crippen molar-refractivity contribution in [2.24, 2.45) is 0 Å². The van der Waals surface area contributed by atoms with Gasteiger partial charge in [0.1, 0.15) is 11.5 Å². The maximum atomic E-state index is 5.93. The lowest BCUT2D eigenvalue weighted by molar-refractivity contribution is 0.199. The summed E-state index contributed by atoms with van der Waals surface area (Å²) in [6.07, 6.45) is 0. The fourth-order valence-corrected chi connectivity index (χ4v) is 2.21. The Morgan fingerprint density at radius 1 is 1.10 bits per heavy atom. The smallest absolute Gasteiger partial charge is 0.131 e. The summed E-state index contributed by atoms with van der Waals surface area (Å²) in [6, 6.07) is 15.8. The zero-order valence-electron chi connectivity index (χ0n) is 11.4. The van der Waals surface area contributed by atoms with E-state index in [2.05, 4.69) is 27.3 Å². The molecule has 0 saturated carbocycles. The molecule has 2 aromatic rings. The molecule has 0 aromatic heterocycles. The van der Waals surface area contributed by atoms with Crippen LogP contribution in [-0.2, 0) is 11.3 Å². The number of rotatable bonds is 7. The summed E-state index contributed by atoms with van der Waals surface area (Å²) in [7, 11) is 1.70. The van der Waals surface area contributed by atoms with Crippen molar-refractivity contribution in [2.45, 2.75) is 6.54 Å². The third-order valence-electron chi connectivity index (χ3n) is 2.79. The average molecular weight is 336 g/mol. The van der Waals surface area contributed by atoms with Crippen LogP contribution in [0.25, 0.3) is 0 Å². The van der Waals surface area contributed by atoms with Crippen molar-refractivity contribution in [2.75, 3.05) is 20.3 Å².